The lowest BCUT2D eigenvalue weighted by Gasteiger charge is -2.39. The predicted octanol–water partition coefficient (Wildman–Crippen LogP) is 5.24. The second kappa shape index (κ2) is 18.6. The monoisotopic (exact) mass is 647 g/mol. The Bertz CT molecular complexity index is 1370. The quantitative estimate of drug-likeness (QED) is 0.0762. The second-order valence-corrected chi connectivity index (χ2v) is 12.4. The van der Waals surface area contributed by atoms with Crippen molar-refractivity contribution in [2.45, 2.75) is 95.7 Å². The maximum Gasteiger partial charge on any atom is 0.243 e. The molecule has 0 aliphatic carbocycles. The highest BCUT2D eigenvalue weighted by molar-refractivity contribution is 5.75. The minimum Gasteiger partial charge on any atom is -0.392 e. The van der Waals surface area contributed by atoms with E-state index in [2.05, 4.69) is 10.2 Å². The van der Waals surface area contributed by atoms with Gasteiger partial charge in [0.05, 0.1) is 24.9 Å². The molecule has 0 bridgehead atoms. The molecule has 0 saturated carbocycles. The molecule has 0 spiro atoms. The zero-order valence-electron chi connectivity index (χ0n) is 27.4. The lowest BCUT2D eigenvalue weighted by atomic mass is 9.98. The van der Waals surface area contributed by atoms with Gasteiger partial charge in [0.2, 0.25) is 11.8 Å². The number of nitrogens with one attached hydrogen (secondary N) is 2. The number of carbonyl (C=O) groups is 2. The molecule has 10 heteroatoms. The van der Waals surface area contributed by atoms with E-state index in [1.165, 1.54) is 0 Å². The average molecular weight is 648 g/mol. The van der Waals surface area contributed by atoms with Crippen molar-refractivity contribution >= 4 is 11.8 Å². The summed E-state index contributed by atoms with van der Waals surface area (Å²) < 4.78 is 13.0. The SMILES string of the molecule is C[C@@H]([C@H](O)c1ccccc1)N(C)C[C@@H]1C[C@H](c2ccc(CO)cc2)O[C@H](c2ccc(CNC(=O)CCCCCCC(=O)NO)cc2)O1. The van der Waals surface area contributed by atoms with Crippen molar-refractivity contribution in [2.75, 3.05) is 13.6 Å². The van der Waals surface area contributed by atoms with Crippen LogP contribution in [0, 0.1) is 0 Å². The Morgan fingerprint density at radius 2 is 1.47 bits per heavy atom. The van der Waals surface area contributed by atoms with Crippen molar-refractivity contribution < 1.29 is 34.5 Å². The maximum absolute atomic E-state index is 12.3. The first-order valence-corrected chi connectivity index (χ1v) is 16.5. The number of carbonyl (C=O) groups excluding carboxylic acids is 2. The Hall–Kier alpha value is -3.64. The van der Waals surface area contributed by atoms with Crippen LogP contribution >= 0.6 is 0 Å². The Balaban J connectivity index is 1.34. The van der Waals surface area contributed by atoms with Crippen molar-refractivity contribution in [2.24, 2.45) is 0 Å². The molecule has 3 aromatic rings. The second-order valence-electron chi connectivity index (χ2n) is 12.4. The molecular formula is C37H49N3O7. The van der Waals surface area contributed by atoms with Crippen molar-refractivity contribution in [3.8, 4) is 0 Å². The van der Waals surface area contributed by atoms with Crippen LogP contribution in [0.5, 0.6) is 0 Å². The summed E-state index contributed by atoms with van der Waals surface area (Å²) in [7, 11) is 2.00. The van der Waals surface area contributed by atoms with Crippen LogP contribution in [0.15, 0.2) is 78.9 Å². The summed E-state index contributed by atoms with van der Waals surface area (Å²) >= 11 is 0. The largest absolute Gasteiger partial charge is 0.392 e. The number of aliphatic hydroxyl groups excluding tert-OH is 2. The molecule has 1 saturated heterocycles. The van der Waals surface area contributed by atoms with Crippen molar-refractivity contribution in [3.05, 3.63) is 107 Å². The van der Waals surface area contributed by atoms with Gasteiger partial charge in [-0.3, -0.25) is 19.7 Å². The Kier molecular flexibility index (Phi) is 14.4. The molecule has 0 aromatic heterocycles. The van der Waals surface area contributed by atoms with Crippen LogP contribution in [-0.4, -0.2) is 57.9 Å². The van der Waals surface area contributed by atoms with Gasteiger partial charge >= 0.3 is 0 Å². The molecule has 5 atom stereocenters. The Labute approximate surface area is 277 Å². The van der Waals surface area contributed by atoms with Crippen molar-refractivity contribution in [1.29, 1.82) is 0 Å². The molecule has 0 unspecified atom stereocenters. The van der Waals surface area contributed by atoms with Crippen LogP contribution < -0.4 is 10.8 Å². The summed E-state index contributed by atoms with van der Waals surface area (Å²) in [5.74, 6) is -0.407. The maximum atomic E-state index is 12.3. The van der Waals surface area contributed by atoms with Crippen LogP contribution in [0.4, 0.5) is 0 Å². The van der Waals surface area contributed by atoms with Gasteiger partial charge in [0.1, 0.15) is 0 Å². The third-order valence-corrected chi connectivity index (χ3v) is 8.82. The van der Waals surface area contributed by atoms with Crippen LogP contribution in [0.3, 0.4) is 0 Å². The Morgan fingerprint density at radius 1 is 0.851 bits per heavy atom. The first kappa shape index (κ1) is 36.2. The first-order chi connectivity index (χ1) is 22.8. The highest BCUT2D eigenvalue weighted by atomic mass is 16.7. The number of aliphatic hydroxyl groups is 2. The minimum atomic E-state index is -0.640. The number of nitrogens with zero attached hydrogens (tertiary/aromatic N) is 1. The molecule has 1 heterocycles. The molecule has 2 amide bonds. The van der Waals surface area contributed by atoms with Crippen LogP contribution in [0.1, 0.15) is 98.2 Å². The number of ether oxygens (including phenoxy) is 2. The van der Waals surface area contributed by atoms with E-state index in [1.807, 2.05) is 92.8 Å². The summed E-state index contributed by atoms with van der Waals surface area (Å²) in [5.41, 5.74) is 6.18. The molecule has 254 valence electrons. The van der Waals surface area contributed by atoms with Gasteiger partial charge in [-0.2, -0.15) is 0 Å². The van der Waals surface area contributed by atoms with Crippen molar-refractivity contribution in [1.82, 2.24) is 15.7 Å². The molecule has 5 N–H and O–H groups in total. The van der Waals surface area contributed by atoms with E-state index in [0.29, 0.717) is 32.4 Å². The molecule has 1 aliphatic heterocycles. The number of likely N-dealkylation sites (N-methyl/N-ethyl adjacent to an activating group) is 1. The van der Waals surface area contributed by atoms with Crippen LogP contribution in [0.25, 0.3) is 0 Å². The highest BCUT2D eigenvalue weighted by Gasteiger charge is 2.34. The standard InChI is InChI=1S/C37H49N3O7/c1-26(36(44)30-10-6-5-7-11-30)40(2)24-32-22-33(29-18-16-28(25-41)17-19-29)47-37(46-32)31-20-14-27(15-21-31)23-38-34(42)12-8-3-4-9-13-35(43)39-45/h5-7,10-11,14-21,26,32-33,36-37,41,44-45H,3-4,8-9,12-13,22-25H2,1-2H3,(H,38,42)(H,39,43)/t26-,32-,33+,36-,37+/m0/s1. The molecular weight excluding hydrogens is 598 g/mol. The fraction of sp³-hybridized carbons (Fsp3) is 0.459. The van der Waals surface area contributed by atoms with Gasteiger partial charge in [-0.05, 0) is 49.1 Å². The molecule has 1 aliphatic rings. The number of benzene rings is 3. The van der Waals surface area contributed by atoms with E-state index < -0.39 is 12.4 Å². The molecule has 47 heavy (non-hydrogen) atoms. The number of amides is 2. The van der Waals surface area contributed by atoms with E-state index in [-0.39, 0.29) is 43.1 Å². The molecule has 1 fully saturated rings. The van der Waals surface area contributed by atoms with Crippen LogP contribution in [-0.2, 0) is 32.2 Å². The third-order valence-electron chi connectivity index (χ3n) is 8.82. The predicted molar refractivity (Wildman–Crippen MR) is 178 cm³/mol. The summed E-state index contributed by atoms with van der Waals surface area (Å²) in [4.78, 5) is 25.5. The summed E-state index contributed by atoms with van der Waals surface area (Å²) in [6.45, 7) is 3.00. The first-order valence-electron chi connectivity index (χ1n) is 16.5. The number of unbranched alkanes of at least 4 members (excludes halogenated alkanes) is 3. The number of rotatable bonds is 17. The molecule has 4 rings (SSSR count). The van der Waals surface area contributed by atoms with Gasteiger partial charge in [-0.25, -0.2) is 5.48 Å². The fourth-order valence-electron chi connectivity index (χ4n) is 5.75. The van der Waals surface area contributed by atoms with Gasteiger partial charge in [0.25, 0.3) is 0 Å². The highest BCUT2D eigenvalue weighted by Crippen LogP contribution is 2.38. The zero-order chi connectivity index (χ0) is 33.6. The molecule has 10 nitrogen and oxygen atoms in total. The van der Waals surface area contributed by atoms with E-state index >= 15 is 0 Å². The lowest BCUT2D eigenvalue weighted by molar-refractivity contribution is -0.253. The number of hydroxylamine groups is 1. The lowest BCUT2D eigenvalue weighted by Crippen LogP contribution is -2.43. The topological polar surface area (TPSA) is 141 Å². The number of hydrogen-bond donors (Lipinski definition) is 5. The van der Waals surface area contributed by atoms with Gasteiger partial charge < -0.3 is 25.0 Å². The number of hydrogen-bond acceptors (Lipinski definition) is 8. The van der Waals surface area contributed by atoms with E-state index in [9.17, 15) is 19.8 Å². The van der Waals surface area contributed by atoms with Gasteiger partial charge in [-0.1, -0.05) is 91.7 Å². The van der Waals surface area contributed by atoms with E-state index in [4.69, 9.17) is 14.7 Å². The van der Waals surface area contributed by atoms with Crippen molar-refractivity contribution in [3.63, 3.8) is 0 Å². The fourth-order valence-corrected chi connectivity index (χ4v) is 5.75. The minimum absolute atomic E-state index is 0.0187. The smallest absolute Gasteiger partial charge is 0.243 e. The molecule has 0 radical (unpaired) electrons. The normalized spacial score (nSPS) is 19.2. The van der Waals surface area contributed by atoms with Gasteiger partial charge in [0, 0.05) is 44.0 Å². The zero-order valence-corrected chi connectivity index (χ0v) is 27.4. The van der Waals surface area contributed by atoms with Crippen LogP contribution in [0.2, 0.25) is 0 Å². The molecule has 3 aromatic carbocycles. The summed E-state index contributed by atoms with van der Waals surface area (Å²) in [6.07, 6.45) is 2.80. The summed E-state index contributed by atoms with van der Waals surface area (Å²) in [6, 6.07) is 25.2. The average Bonchev–Trinajstić information content (AvgIpc) is 3.11. The Morgan fingerprint density at radius 3 is 2.11 bits per heavy atom. The van der Waals surface area contributed by atoms with E-state index in [0.717, 1.165) is 47.1 Å². The van der Waals surface area contributed by atoms with Gasteiger partial charge in [-0.15, -0.1) is 0 Å². The van der Waals surface area contributed by atoms with E-state index in [1.54, 1.807) is 5.48 Å². The van der Waals surface area contributed by atoms with Gasteiger partial charge in [0.15, 0.2) is 6.29 Å². The summed E-state index contributed by atoms with van der Waals surface area (Å²) in [5, 5.41) is 32.0. The third kappa shape index (κ3) is 11.2.